The monoisotopic (exact) mass is 595 g/mol. The van der Waals surface area contributed by atoms with E-state index in [0.717, 1.165) is 69.8 Å². The van der Waals surface area contributed by atoms with Crippen molar-refractivity contribution >= 4 is 15.9 Å². The molecule has 0 aliphatic carbocycles. The smallest absolute Gasteiger partial charge is 0.345 e. The van der Waals surface area contributed by atoms with Gasteiger partial charge in [-0.15, -0.1) is 0 Å². The Kier molecular flexibility index (Phi) is 9.13. The fraction of sp³-hybridized carbons (Fsp3) is 0.621. The maximum Gasteiger partial charge on any atom is 0.416 e. The largest absolute Gasteiger partial charge is 0.416 e. The van der Waals surface area contributed by atoms with Gasteiger partial charge in [0.15, 0.2) is 0 Å². The van der Waals surface area contributed by atoms with E-state index >= 15 is 0 Å². The quantitative estimate of drug-likeness (QED) is 0.466. The molecular weight excluding hydrogens is 555 g/mol. The van der Waals surface area contributed by atoms with E-state index < -0.39 is 27.8 Å². The minimum Gasteiger partial charge on any atom is -0.345 e. The van der Waals surface area contributed by atoms with E-state index in [1.165, 1.54) is 16.1 Å². The van der Waals surface area contributed by atoms with Gasteiger partial charge in [0, 0.05) is 69.7 Å². The van der Waals surface area contributed by atoms with Crippen LogP contribution in [0.2, 0.25) is 0 Å². The molecule has 8 nitrogen and oxygen atoms in total. The van der Waals surface area contributed by atoms with Crippen LogP contribution in [-0.2, 0) is 40.5 Å². The molecule has 226 valence electrons. The first kappa shape index (κ1) is 30.1. The lowest BCUT2D eigenvalue weighted by Crippen LogP contribution is -2.47. The van der Waals surface area contributed by atoms with E-state index in [1.807, 2.05) is 0 Å². The van der Waals surface area contributed by atoms with Gasteiger partial charge in [0.25, 0.3) is 0 Å². The number of carbonyl (C=O) groups is 1. The van der Waals surface area contributed by atoms with Crippen LogP contribution in [0.4, 0.5) is 13.2 Å². The van der Waals surface area contributed by atoms with Crippen molar-refractivity contribution in [2.45, 2.75) is 68.7 Å². The topological polar surface area (TPSA) is 69.1 Å². The fourth-order valence-corrected chi connectivity index (χ4v) is 8.00. The SMILES string of the molecule is CN1CCN(CCCc2ccc3n2CCN(C(=O)CC2CCCCN2S(=O)(=O)c2cccc(C(F)(F)F)c2)C3)CC1. The number of amides is 1. The van der Waals surface area contributed by atoms with Crippen molar-refractivity contribution in [3.63, 3.8) is 0 Å². The summed E-state index contributed by atoms with van der Waals surface area (Å²) in [6, 6.07) is 7.51. The molecule has 2 aromatic rings. The third-order valence-electron chi connectivity index (χ3n) is 8.72. The Labute approximate surface area is 240 Å². The highest BCUT2D eigenvalue weighted by molar-refractivity contribution is 7.89. The van der Waals surface area contributed by atoms with Gasteiger partial charge in [-0.1, -0.05) is 12.5 Å². The first-order valence-corrected chi connectivity index (χ1v) is 16.0. The molecule has 0 saturated carbocycles. The summed E-state index contributed by atoms with van der Waals surface area (Å²) in [5.41, 5.74) is 1.36. The number of sulfonamides is 1. The average Bonchev–Trinajstić information content (AvgIpc) is 3.36. The van der Waals surface area contributed by atoms with Crippen molar-refractivity contribution in [2.24, 2.45) is 0 Å². The molecular formula is C29H40F3N5O3S. The van der Waals surface area contributed by atoms with E-state index in [9.17, 15) is 26.4 Å². The molecule has 4 heterocycles. The van der Waals surface area contributed by atoms with Gasteiger partial charge in [-0.05, 0) is 69.6 Å². The summed E-state index contributed by atoms with van der Waals surface area (Å²) in [6.07, 6.45) is -0.648. The van der Waals surface area contributed by atoms with E-state index in [0.29, 0.717) is 38.5 Å². The van der Waals surface area contributed by atoms with Crippen LogP contribution >= 0.6 is 0 Å². The number of rotatable bonds is 8. The highest BCUT2D eigenvalue weighted by atomic mass is 32.2. The number of alkyl halides is 3. The molecule has 1 atom stereocenters. The van der Waals surface area contributed by atoms with Crippen molar-refractivity contribution in [1.82, 2.24) is 23.6 Å². The number of piperazine rings is 1. The van der Waals surface area contributed by atoms with Gasteiger partial charge in [0.05, 0.1) is 17.0 Å². The number of benzene rings is 1. The second-order valence-corrected chi connectivity index (χ2v) is 13.4. The lowest BCUT2D eigenvalue weighted by atomic mass is 10.0. The first-order valence-electron chi connectivity index (χ1n) is 14.6. The zero-order chi connectivity index (χ0) is 29.2. The summed E-state index contributed by atoms with van der Waals surface area (Å²) >= 11 is 0. The Hall–Kier alpha value is -2.41. The molecule has 1 amide bonds. The molecule has 0 radical (unpaired) electrons. The molecule has 2 saturated heterocycles. The first-order chi connectivity index (χ1) is 19.5. The third-order valence-corrected chi connectivity index (χ3v) is 10.7. The molecule has 12 heteroatoms. The molecule has 3 aliphatic rings. The summed E-state index contributed by atoms with van der Waals surface area (Å²) in [7, 11) is -2.02. The predicted molar refractivity (Wildman–Crippen MR) is 150 cm³/mol. The summed E-state index contributed by atoms with van der Waals surface area (Å²) in [5, 5.41) is 0. The Balaban J connectivity index is 1.19. The van der Waals surface area contributed by atoms with Crippen LogP contribution in [-0.4, -0.2) is 96.8 Å². The lowest BCUT2D eigenvalue weighted by molar-refractivity contribution is -0.137. The number of hydrogen-bond acceptors (Lipinski definition) is 5. The van der Waals surface area contributed by atoms with E-state index in [4.69, 9.17) is 0 Å². The van der Waals surface area contributed by atoms with Gasteiger partial charge in [-0.25, -0.2) is 8.42 Å². The maximum absolute atomic E-state index is 13.4. The summed E-state index contributed by atoms with van der Waals surface area (Å²) < 4.78 is 70.1. The number of likely N-dealkylation sites (N-methyl/N-ethyl adjacent to an activating group) is 1. The summed E-state index contributed by atoms with van der Waals surface area (Å²) in [6.45, 7) is 7.45. The lowest BCUT2D eigenvalue weighted by Gasteiger charge is -2.36. The molecule has 41 heavy (non-hydrogen) atoms. The third kappa shape index (κ3) is 6.98. The van der Waals surface area contributed by atoms with Crippen molar-refractivity contribution in [3.05, 3.63) is 53.3 Å². The van der Waals surface area contributed by atoms with Crippen molar-refractivity contribution in [3.8, 4) is 0 Å². The van der Waals surface area contributed by atoms with Crippen LogP contribution in [0.1, 0.15) is 49.1 Å². The van der Waals surface area contributed by atoms with E-state index in [1.54, 1.807) is 4.90 Å². The second kappa shape index (κ2) is 12.4. The molecule has 2 fully saturated rings. The second-order valence-electron chi connectivity index (χ2n) is 11.5. The average molecular weight is 596 g/mol. The molecule has 1 aromatic heterocycles. The van der Waals surface area contributed by atoms with Crippen molar-refractivity contribution in [2.75, 3.05) is 52.9 Å². The normalized spacial score (nSPS) is 21.7. The number of nitrogens with zero attached hydrogens (tertiary/aromatic N) is 5. The molecule has 3 aliphatic heterocycles. The summed E-state index contributed by atoms with van der Waals surface area (Å²) in [5.74, 6) is -0.120. The van der Waals surface area contributed by atoms with E-state index in [-0.39, 0.29) is 23.8 Å². The molecule has 0 bridgehead atoms. The van der Waals surface area contributed by atoms with Crippen LogP contribution < -0.4 is 0 Å². The van der Waals surface area contributed by atoms with Gasteiger partial charge >= 0.3 is 6.18 Å². The molecule has 5 rings (SSSR count). The van der Waals surface area contributed by atoms with Gasteiger partial charge in [-0.2, -0.15) is 17.5 Å². The maximum atomic E-state index is 13.4. The zero-order valence-electron chi connectivity index (χ0n) is 23.7. The number of carbonyl (C=O) groups excluding carboxylic acids is 1. The standard InChI is InChI=1S/C29H40F3N5O3S/c1-33-14-16-34(17-15-33)12-5-8-24-10-11-26-22-35(18-19-36(24)26)28(38)21-25-7-2-3-13-37(25)41(39,40)27-9-4-6-23(20-27)29(30,31)32/h4,6,9-11,20,25H,2-3,5,7-8,12-19,21-22H2,1H3. The van der Waals surface area contributed by atoms with Crippen LogP contribution in [0, 0.1) is 0 Å². The predicted octanol–water partition coefficient (Wildman–Crippen LogP) is 3.66. The number of halogens is 3. The van der Waals surface area contributed by atoms with Crippen LogP contribution in [0.3, 0.4) is 0 Å². The Morgan fingerprint density at radius 2 is 1.76 bits per heavy atom. The highest BCUT2D eigenvalue weighted by Gasteiger charge is 2.38. The van der Waals surface area contributed by atoms with Crippen molar-refractivity contribution in [1.29, 1.82) is 0 Å². The zero-order valence-corrected chi connectivity index (χ0v) is 24.5. The molecule has 1 unspecified atom stereocenters. The van der Waals surface area contributed by atoms with Crippen molar-refractivity contribution < 1.29 is 26.4 Å². The number of piperidine rings is 1. The number of aromatic nitrogens is 1. The Morgan fingerprint density at radius 3 is 2.51 bits per heavy atom. The summed E-state index contributed by atoms with van der Waals surface area (Å²) in [4.78, 5) is 19.7. The van der Waals surface area contributed by atoms with Gasteiger partial charge < -0.3 is 19.3 Å². The number of fused-ring (bicyclic) bond motifs is 1. The van der Waals surface area contributed by atoms with Gasteiger partial charge in [0.2, 0.25) is 15.9 Å². The molecule has 1 aromatic carbocycles. The van der Waals surface area contributed by atoms with Gasteiger partial charge in [-0.3, -0.25) is 4.79 Å². The van der Waals surface area contributed by atoms with Crippen LogP contribution in [0.5, 0.6) is 0 Å². The Bertz CT molecular complexity index is 1320. The van der Waals surface area contributed by atoms with Crippen LogP contribution in [0.25, 0.3) is 0 Å². The fourth-order valence-electron chi connectivity index (χ4n) is 6.26. The van der Waals surface area contributed by atoms with Crippen LogP contribution in [0.15, 0.2) is 41.3 Å². The highest BCUT2D eigenvalue weighted by Crippen LogP contribution is 2.33. The number of hydrogen-bond donors (Lipinski definition) is 0. The number of aryl methyl sites for hydroxylation is 1. The van der Waals surface area contributed by atoms with Gasteiger partial charge in [0.1, 0.15) is 0 Å². The minimum absolute atomic E-state index is 0.0246. The Morgan fingerprint density at radius 1 is 0.976 bits per heavy atom. The molecule has 0 N–H and O–H groups in total. The minimum atomic E-state index is -4.64. The molecule has 0 spiro atoms. The van der Waals surface area contributed by atoms with E-state index in [2.05, 4.69) is 33.5 Å².